The van der Waals surface area contributed by atoms with Gasteiger partial charge in [0.1, 0.15) is 0 Å². The van der Waals surface area contributed by atoms with E-state index in [-0.39, 0.29) is 17.9 Å². The second-order valence-electron chi connectivity index (χ2n) is 5.71. The Balaban J connectivity index is 1.78. The topological polar surface area (TPSA) is 52.7 Å². The molecule has 0 aromatic rings. The average molecular weight is 267 g/mol. The second kappa shape index (κ2) is 6.37. The van der Waals surface area contributed by atoms with Gasteiger partial charge in [-0.25, -0.2) is 0 Å². The molecule has 0 radical (unpaired) electrons. The summed E-state index contributed by atoms with van der Waals surface area (Å²) in [6.45, 7) is 6.62. The largest absolute Gasteiger partial charge is 0.352 e. The molecule has 0 spiro atoms. The highest BCUT2D eigenvalue weighted by molar-refractivity contribution is 5.81. The summed E-state index contributed by atoms with van der Waals surface area (Å²) in [7, 11) is 0. The SMILES string of the molecule is CC(=O)N1CCN(C(C)C(=O)NC2CCCC2)CC1. The van der Waals surface area contributed by atoms with Gasteiger partial charge in [-0.1, -0.05) is 12.8 Å². The number of piperazine rings is 1. The zero-order chi connectivity index (χ0) is 13.8. The molecular formula is C14H25N3O2. The molecule has 1 aliphatic heterocycles. The Labute approximate surface area is 115 Å². The average Bonchev–Trinajstić information content (AvgIpc) is 2.90. The third-order valence-corrected chi connectivity index (χ3v) is 4.39. The van der Waals surface area contributed by atoms with Crippen molar-refractivity contribution < 1.29 is 9.59 Å². The lowest BCUT2D eigenvalue weighted by Gasteiger charge is -2.37. The first kappa shape index (κ1) is 14.3. The molecule has 0 aromatic carbocycles. The Morgan fingerprint density at radius 3 is 2.21 bits per heavy atom. The number of amides is 2. The fourth-order valence-corrected chi connectivity index (χ4v) is 2.98. The van der Waals surface area contributed by atoms with Crippen LogP contribution in [0.1, 0.15) is 39.5 Å². The van der Waals surface area contributed by atoms with Gasteiger partial charge in [-0.3, -0.25) is 14.5 Å². The van der Waals surface area contributed by atoms with E-state index < -0.39 is 0 Å². The number of nitrogens with one attached hydrogen (secondary N) is 1. The Morgan fingerprint density at radius 1 is 1.11 bits per heavy atom. The molecule has 2 amide bonds. The van der Waals surface area contributed by atoms with Gasteiger partial charge in [0.2, 0.25) is 11.8 Å². The van der Waals surface area contributed by atoms with Crippen molar-refractivity contribution in [1.29, 1.82) is 0 Å². The molecule has 5 heteroatoms. The maximum absolute atomic E-state index is 12.2. The van der Waals surface area contributed by atoms with Crippen molar-refractivity contribution in [1.82, 2.24) is 15.1 Å². The van der Waals surface area contributed by atoms with Crippen LogP contribution in [-0.4, -0.2) is 59.9 Å². The van der Waals surface area contributed by atoms with Crippen molar-refractivity contribution in [3.63, 3.8) is 0 Å². The monoisotopic (exact) mass is 267 g/mol. The maximum Gasteiger partial charge on any atom is 0.237 e. The van der Waals surface area contributed by atoms with Crippen LogP contribution in [0.3, 0.4) is 0 Å². The maximum atomic E-state index is 12.2. The molecule has 108 valence electrons. The van der Waals surface area contributed by atoms with E-state index in [0.717, 1.165) is 39.0 Å². The molecule has 1 saturated heterocycles. The third-order valence-electron chi connectivity index (χ3n) is 4.39. The van der Waals surface area contributed by atoms with Crippen LogP contribution >= 0.6 is 0 Å². The zero-order valence-electron chi connectivity index (χ0n) is 12.0. The van der Waals surface area contributed by atoms with Crippen molar-refractivity contribution in [3.05, 3.63) is 0 Å². The minimum atomic E-state index is -0.0882. The van der Waals surface area contributed by atoms with Gasteiger partial charge in [0.15, 0.2) is 0 Å². The van der Waals surface area contributed by atoms with Gasteiger partial charge in [0.25, 0.3) is 0 Å². The van der Waals surface area contributed by atoms with Crippen molar-refractivity contribution >= 4 is 11.8 Å². The molecule has 1 unspecified atom stereocenters. The first-order valence-corrected chi connectivity index (χ1v) is 7.38. The number of nitrogens with zero attached hydrogens (tertiary/aromatic N) is 2. The molecule has 1 aliphatic carbocycles. The Kier molecular flexibility index (Phi) is 4.80. The van der Waals surface area contributed by atoms with Crippen LogP contribution in [0.25, 0.3) is 0 Å². The van der Waals surface area contributed by atoms with Crippen LogP contribution in [0, 0.1) is 0 Å². The number of hydrogen-bond acceptors (Lipinski definition) is 3. The predicted octanol–water partition coefficient (Wildman–Crippen LogP) is 0.598. The Hall–Kier alpha value is -1.10. The molecule has 1 saturated carbocycles. The predicted molar refractivity (Wildman–Crippen MR) is 73.7 cm³/mol. The van der Waals surface area contributed by atoms with Crippen LogP contribution < -0.4 is 5.32 Å². The summed E-state index contributed by atoms with van der Waals surface area (Å²) in [5.41, 5.74) is 0. The van der Waals surface area contributed by atoms with Crippen molar-refractivity contribution in [2.45, 2.75) is 51.6 Å². The lowest BCUT2D eigenvalue weighted by atomic mass is 10.2. The van der Waals surface area contributed by atoms with E-state index in [9.17, 15) is 9.59 Å². The first-order chi connectivity index (χ1) is 9.08. The van der Waals surface area contributed by atoms with E-state index in [4.69, 9.17) is 0 Å². The smallest absolute Gasteiger partial charge is 0.237 e. The van der Waals surface area contributed by atoms with E-state index in [1.54, 1.807) is 6.92 Å². The summed E-state index contributed by atoms with van der Waals surface area (Å²) in [4.78, 5) is 27.5. The van der Waals surface area contributed by atoms with Gasteiger partial charge in [0.05, 0.1) is 6.04 Å². The van der Waals surface area contributed by atoms with E-state index in [0.29, 0.717) is 6.04 Å². The van der Waals surface area contributed by atoms with Gasteiger partial charge in [-0.05, 0) is 19.8 Å². The van der Waals surface area contributed by atoms with Gasteiger partial charge in [-0.2, -0.15) is 0 Å². The molecule has 1 heterocycles. The molecule has 0 bridgehead atoms. The normalized spacial score (nSPS) is 23.4. The van der Waals surface area contributed by atoms with E-state index in [2.05, 4.69) is 10.2 Å². The molecule has 1 N–H and O–H groups in total. The summed E-state index contributed by atoms with van der Waals surface area (Å²) in [5, 5.41) is 3.15. The minimum absolute atomic E-state index is 0.0882. The summed E-state index contributed by atoms with van der Waals surface area (Å²) in [6, 6.07) is 0.295. The van der Waals surface area contributed by atoms with Gasteiger partial charge < -0.3 is 10.2 Å². The lowest BCUT2D eigenvalue weighted by Crippen LogP contribution is -2.55. The van der Waals surface area contributed by atoms with E-state index in [1.165, 1.54) is 12.8 Å². The molecule has 0 aromatic heterocycles. The fraction of sp³-hybridized carbons (Fsp3) is 0.857. The molecule has 2 rings (SSSR count). The first-order valence-electron chi connectivity index (χ1n) is 7.38. The van der Waals surface area contributed by atoms with Crippen molar-refractivity contribution in [3.8, 4) is 0 Å². The van der Waals surface area contributed by atoms with Crippen LogP contribution in [0.5, 0.6) is 0 Å². The highest BCUT2D eigenvalue weighted by atomic mass is 16.2. The van der Waals surface area contributed by atoms with Crippen LogP contribution in [0.2, 0.25) is 0 Å². The second-order valence-corrected chi connectivity index (χ2v) is 5.71. The molecule has 19 heavy (non-hydrogen) atoms. The van der Waals surface area contributed by atoms with Crippen LogP contribution in [0.15, 0.2) is 0 Å². The van der Waals surface area contributed by atoms with Gasteiger partial charge in [-0.15, -0.1) is 0 Å². The number of carbonyl (C=O) groups excluding carboxylic acids is 2. The molecule has 2 fully saturated rings. The zero-order valence-corrected chi connectivity index (χ0v) is 12.0. The molecule has 5 nitrogen and oxygen atoms in total. The lowest BCUT2D eigenvalue weighted by molar-refractivity contribution is -0.132. The minimum Gasteiger partial charge on any atom is -0.352 e. The summed E-state index contributed by atoms with van der Waals surface area (Å²) in [5.74, 6) is 0.269. The quantitative estimate of drug-likeness (QED) is 0.814. The standard InChI is InChI=1S/C14H25N3O2/c1-11(14(19)15-13-5-3-4-6-13)16-7-9-17(10-8-16)12(2)18/h11,13H,3-10H2,1-2H3,(H,15,19). The summed E-state index contributed by atoms with van der Waals surface area (Å²) >= 11 is 0. The van der Waals surface area contributed by atoms with Crippen molar-refractivity contribution in [2.75, 3.05) is 26.2 Å². The highest BCUT2D eigenvalue weighted by Crippen LogP contribution is 2.18. The van der Waals surface area contributed by atoms with Gasteiger partial charge in [0, 0.05) is 39.1 Å². The van der Waals surface area contributed by atoms with Crippen LogP contribution in [0.4, 0.5) is 0 Å². The fourth-order valence-electron chi connectivity index (χ4n) is 2.98. The summed E-state index contributed by atoms with van der Waals surface area (Å²) in [6.07, 6.45) is 4.71. The van der Waals surface area contributed by atoms with E-state index >= 15 is 0 Å². The molecular weight excluding hydrogens is 242 g/mol. The van der Waals surface area contributed by atoms with Crippen molar-refractivity contribution in [2.24, 2.45) is 0 Å². The number of rotatable bonds is 3. The van der Waals surface area contributed by atoms with Crippen LogP contribution in [-0.2, 0) is 9.59 Å². The third kappa shape index (κ3) is 3.69. The summed E-state index contributed by atoms with van der Waals surface area (Å²) < 4.78 is 0. The molecule has 1 atom stereocenters. The Bertz CT molecular complexity index is 332. The highest BCUT2D eigenvalue weighted by Gasteiger charge is 2.28. The number of carbonyl (C=O) groups is 2. The van der Waals surface area contributed by atoms with Gasteiger partial charge >= 0.3 is 0 Å². The molecule has 2 aliphatic rings. The number of hydrogen-bond donors (Lipinski definition) is 1. The Morgan fingerprint density at radius 2 is 1.68 bits per heavy atom. The van der Waals surface area contributed by atoms with E-state index in [1.807, 2.05) is 11.8 Å².